The number of nitriles is 1. The molecule has 1 unspecified atom stereocenters. The van der Waals surface area contributed by atoms with Gasteiger partial charge in [-0.05, 0) is 53.8 Å². The number of hydrogen-bond acceptors (Lipinski definition) is 5. The fourth-order valence-corrected chi connectivity index (χ4v) is 4.60. The molecule has 0 bridgehead atoms. The van der Waals surface area contributed by atoms with Crippen LogP contribution in [0, 0.1) is 16.7 Å². The Hall–Kier alpha value is -3.59. The molecule has 158 valence electrons. The van der Waals surface area contributed by atoms with E-state index in [4.69, 9.17) is 10.00 Å². The van der Waals surface area contributed by atoms with E-state index < -0.39 is 5.92 Å². The zero-order chi connectivity index (χ0) is 22.3. The van der Waals surface area contributed by atoms with Gasteiger partial charge in [0.25, 0.3) is 0 Å². The number of Topliss-reactive ketones (excluding diaryl/α,β-unsaturated/α-hetero) is 1. The fourth-order valence-electron chi connectivity index (χ4n) is 4.60. The molecule has 0 aromatic heterocycles. The van der Waals surface area contributed by atoms with Crippen LogP contribution in [-0.4, -0.2) is 23.9 Å². The highest BCUT2D eigenvalue weighted by molar-refractivity contribution is 6.07. The Bertz CT molecular complexity index is 1140. The van der Waals surface area contributed by atoms with Crippen molar-refractivity contribution >= 4 is 17.4 Å². The van der Waals surface area contributed by atoms with E-state index >= 15 is 0 Å². The first-order chi connectivity index (χ1) is 14.7. The Balaban J connectivity index is 1.88. The maximum absolute atomic E-state index is 13.4. The number of methoxy groups -OCH3 is 1. The van der Waals surface area contributed by atoms with Crippen LogP contribution in [-0.2, 0) is 9.59 Å². The topological polar surface area (TPSA) is 90.6 Å². The van der Waals surface area contributed by atoms with Gasteiger partial charge in [0.2, 0.25) is 5.91 Å². The number of hydrogen-bond donors (Lipinski definition) is 1. The number of ether oxygens (including phenoxy) is 1. The molecule has 0 radical (unpaired) electrons. The molecule has 6 heteroatoms. The van der Waals surface area contributed by atoms with Crippen molar-refractivity contribution in [1.82, 2.24) is 0 Å². The third-order valence-electron chi connectivity index (χ3n) is 6.00. The number of allylic oxidation sites excluding steroid dienone is 2. The van der Waals surface area contributed by atoms with Crippen LogP contribution >= 0.6 is 0 Å². The molecule has 1 amide bonds. The van der Waals surface area contributed by atoms with Gasteiger partial charge in [0.15, 0.2) is 17.3 Å². The number of anilines is 1. The summed E-state index contributed by atoms with van der Waals surface area (Å²) in [7, 11) is 1.47. The lowest BCUT2D eigenvalue weighted by Gasteiger charge is -2.43. The lowest BCUT2D eigenvalue weighted by atomic mass is 9.69. The van der Waals surface area contributed by atoms with Crippen LogP contribution in [0.3, 0.4) is 0 Å². The molecule has 4 rings (SSSR count). The predicted octanol–water partition coefficient (Wildman–Crippen LogP) is 4.44. The molecule has 0 spiro atoms. The van der Waals surface area contributed by atoms with Crippen molar-refractivity contribution in [3.8, 4) is 17.6 Å². The molecule has 0 fully saturated rings. The molecular formula is C25H24N2O4. The van der Waals surface area contributed by atoms with Crippen molar-refractivity contribution in [3.63, 3.8) is 0 Å². The van der Waals surface area contributed by atoms with E-state index in [2.05, 4.69) is 6.07 Å². The molecule has 2 aromatic rings. The summed E-state index contributed by atoms with van der Waals surface area (Å²) in [5.41, 5.74) is 3.04. The number of carbonyl (C=O) groups excluding carboxylic acids is 2. The molecule has 0 saturated carbocycles. The van der Waals surface area contributed by atoms with Gasteiger partial charge in [-0.1, -0.05) is 19.9 Å². The second-order valence-electron chi connectivity index (χ2n) is 8.88. The van der Waals surface area contributed by atoms with Gasteiger partial charge in [-0.2, -0.15) is 5.26 Å². The molecule has 1 N–H and O–H groups in total. The van der Waals surface area contributed by atoms with Gasteiger partial charge < -0.3 is 9.84 Å². The Labute approximate surface area is 181 Å². The van der Waals surface area contributed by atoms with Crippen LogP contribution in [0.1, 0.15) is 50.2 Å². The quantitative estimate of drug-likeness (QED) is 0.799. The number of carbonyl (C=O) groups is 2. The summed E-state index contributed by atoms with van der Waals surface area (Å²) in [6.45, 7) is 4.06. The number of amides is 1. The Morgan fingerprint density at radius 2 is 1.84 bits per heavy atom. The van der Waals surface area contributed by atoms with Crippen LogP contribution in [0.4, 0.5) is 5.69 Å². The van der Waals surface area contributed by atoms with E-state index in [1.54, 1.807) is 41.3 Å². The lowest BCUT2D eigenvalue weighted by Crippen LogP contribution is -2.43. The van der Waals surface area contributed by atoms with Crippen LogP contribution in [0.2, 0.25) is 0 Å². The number of phenolic OH excluding ortho intramolecular Hbond substituents is 1. The summed E-state index contributed by atoms with van der Waals surface area (Å²) in [6, 6.07) is 13.9. The first-order valence-corrected chi connectivity index (χ1v) is 10.2. The second kappa shape index (κ2) is 7.59. The van der Waals surface area contributed by atoms with Crippen molar-refractivity contribution in [1.29, 1.82) is 5.26 Å². The summed E-state index contributed by atoms with van der Waals surface area (Å²) < 4.78 is 5.24. The highest BCUT2D eigenvalue weighted by Gasteiger charge is 2.44. The van der Waals surface area contributed by atoms with Crippen LogP contribution < -0.4 is 9.64 Å². The number of ketones is 1. The van der Waals surface area contributed by atoms with Crippen molar-refractivity contribution in [3.05, 3.63) is 64.9 Å². The minimum atomic E-state index is -0.393. The molecule has 2 aromatic carbocycles. The zero-order valence-electron chi connectivity index (χ0n) is 17.8. The maximum Gasteiger partial charge on any atom is 0.232 e. The van der Waals surface area contributed by atoms with Crippen molar-refractivity contribution in [2.75, 3.05) is 12.0 Å². The largest absolute Gasteiger partial charge is 0.504 e. The Morgan fingerprint density at radius 1 is 1.13 bits per heavy atom. The van der Waals surface area contributed by atoms with Gasteiger partial charge in [-0.3, -0.25) is 14.5 Å². The monoisotopic (exact) mass is 416 g/mol. The van der Waals surface area contributed by atoms with Crippen LogP contribution in [0.5, 0.6) is 11.5 Å². The third-order valence-corrected chi connectivity index (χ3v) is 6.00. The number of phenols is 1. The SMILES string of the molecule is COc1cc(C2CC(=O)N(c3ccc(C#N)cc3)C3=C2C(=O)CC(C)(C)C3)ccc1O. The molecule has 1 atom stereocenters. The summed E-state index contributed by atoms with van der Waals surface area (Å²) in [6.07, 6.45) is 1.14. The third kappa shape index (κ3) is 3.68. The summed E-state index contributed by atoms with van der Waals surface area (Å²) >= 11 is 0. The average molecular weight is 416 g/mol. The molecule has 1 heterocycles. The van der Waals surface area contributed by atoms with Crippen LogP contribution in [0.25, 0.3) is 0 Å². The second-order valence-corrected chi connectivity index (χ2v) is 8.88. The first-order valence-electron chi connectivity index (χ1n) is 10.2. The molecule has 2 aliphatic rings. The van der Waals surface area contributed by atoms with Crippen molar-refractivity contribution in [2.24, 2.45) is 5.41 Å². The predicted molar refractivity (Wildman–Crippen MR) is 116 cm³/mol. The van der Waals surface area contributed by atoms with E-state index in [-0.39, 0.29) is 29.3 Å². The van der Waals surface area contributed by atoms with Gasteiger partial charge in [-0.25, -0.2) is 0 Å². The number of nitrogens with zero attached hydrogens (tertiary/aromatic N) is 2. The first kappa shape index (κ1) is 20.7. The smallest absolute Gasteiger partial charge is 0.232 e. The van der Waals surface area contributed by atoms with E-state index in [0.717, 1.165) is 11.3 Å². The van der Waals surface area contributed by atoms with Gasteiger partial charge in [0.1, 0.15) is 0 Å². The summed E-state index contributed by atoms with van der Waals surface area (Å²) in [5, 5.41) is 19.1. The molecule has 1 aliphatic carbocycles. The average Bonchev–Trinajstić information content (AvgIpc) is 2.72. The fraction of sp³-hybridized carbons (Fsp3) is 0.320. The molecule has 31 heavy (non-hydrogen) atoms. The normalized spacial score (nSPS) is 20.3. The molecular weight excluding hydrogens is 392 g/mol. The zero-order valence-corrected chi connectivity index (χ0v) is 17.8. The number of rotatable bonds is 3. The minimum Gasteiger partial charge on any atom is -0.504 e. The van der Waals surface area contributed by atoms with E-state index in [0.29, 0.717) is 35.4 Å². The van der Waals surface area contributed by atoms with Gasteiger partial charge in [-0.15, -0.1) is 0 Å². The van der Waals surface area contributed by atoms with Gasteiger partial charge in [0, 0.05) is 35.7 Å². The van der Waals surface area contributed by atoms with Gasteiger partial charge >= 0.3 is 0 Å². The highest BCUT2D eigenvalue weighted by Crippen LogP contribution is 2.48. The van der Waals surface area contributed by atoms with Gasteiger partial charge in [0.05, 0.1) is 18.7 Å². The summed E-state index contributed by atoms with van der Waals surface area (Å²) in [5.74, 6) is -0.140. The molecule has 0 saturated heterocycles. The maximum atomic E-state index is 13.4. The van der Waals surface area contributed by atoms with Crippen molar-refractivity contribution < 1.29 is 19.4 Å². The number of benzene rings is 2. The molecule has 6 nitrogen and oxygen atoms in total. The highest BCUT2D eigenvalue weighted by atomic mass is 16.5. The van der Waals surface area contributed by atoms with Crippen molar-refractivity contribution in [2.45, 2.75) is 39.0 Å². The Kier molecular flexibility index (Phi) is 5.06. The standard InChI is InChI=1S/C25H24N2O4/c1-25(2)12-19-24(21(29)13-25)18(16-6-9-20(28)22(10-16)31-3)11-23(30)27(19)17-7-4-15(14-26)5-8-17/h4-10,18,28H,11-13H2,1-3H3. The van der Waals surface area contributed by atoms with E-state index in [1.807, 2.05) is 13.8 Å². The van der Waals surface area contributed by atoms with Crippen LogP contribution in [0.15, 0.2) is 53.7 Å². The summed E-state index contributed by atoms with van der Waals surface area (Å²) in [4.78, 5) is 28.3. The minimum absolute atomic E-state index is 0.0119. The Morgan fingerprint density at radius 3 is 2.48 bits per heavy atom. The number of aromatic hydroxyl groups is 1. The lowest BCUT2D eigenvalue weighted by molar-refractivity contribution is -0.121. The molecule has 1 aliphatic heterocycles. The van der Waals surface area contributed by atoms with E-state index in [1.165, 1.54) is 13.2 Å². The van der Waals surface area contributed by atoms with E-state index in [9.17, 15) is 14.7 Å².